The van der Waals surface area contributed by atoms with Crippen molar-refractivity contribution in [2.75, 3.05) is 18.4 Å². The SMILES string of the molecule is O=C(Nc1cc(F)c(F)c(F)c1)[C@H]1CCN(C(=O)c2ccc(C3CC3)[nH]2)C1. The molecule has 2 N–H and O–H groups in total. The molecule has 0 bridgehead atoms. The maximum absolute atomic E-state index is 13.3. The molecule has 1 atom stereocenters. The average molecular weight is 377 g/mol. The molecule has 1 aromatic carbocycles. The van der Waals surface area contributed by atoms with Crippen LogP contribution in [0.25, 0.3) is 0 Å². The Balaban J connectivity index is 1.38. The summed E-state index contributed by atoms with van der Waals surface area (Å²) in [4.78, 5) is 29.6. The molecule has 1 aromatic heterocycles. The first-order chi connectivity index (χ1) is 12.9. The molecule has 1 aliphatic carbocycles. The fourth-order valence-corrected chi connectivity index (χ4v) is 3.37. The summed E-state index contributed by atoms with van der Waals surface area (Å²) < 4.78 is 39.5. The topological polar surface area (TPSA) is 65.2 Å². The summed E-state index contributed by atoms with van der Waals surface area (Å²) in [6.07, 6.45) is 2.70. The van der Waals surface area contributed by atoms with Crippen LogP contribution < -0.4 is 5.32 Å². The fourth-order valence-electron chi connectivity index (χ4n) is 3.37. The number of likely N-dealkylation sites (tertiary alicyclic amines) is 1. The number of nitrogens with zero attached hydrogens (tertiary/aromatic N) is 1. The molecule has 5 nitrogen and oxygen atoms in total. The summed E-state index contributed by atoms with van der Waals surface area (Å²) in [6, 6.07) is 5.13. The molecule has 0 unspecified atom stereocenters. The van der Waals surface area contributed by atoms with Crippen LogP contribution in [0.5, 0.6) is 0 Å². The van der Waals surface area contributed by atoms with Crippen molar-refractivity contribution in [3.05, 3.63) is 53.1 Å². The molecule has 2 amide bonds. The molecule has 0 radical (unpaired) electrons. The van der Waals surface area contributed by atoms with Crippen molar-refractivity contribution in [2.45, 2.75) is 25.2 Å². The normalized spacial score (nSPS) is 19.4. The first-order valence-corrected chi connectivity index (χ1v) is 8.86. The van der Waals surface area contributed by atoms with E-state index in [1.54, 1.807) is 11.0 Å². The van der Waals surface area contributed by atoms with Gasteiger partial charge >= 0.3 is 0 Å². The second kappa shape index (κ2) is 6.75. The standard InChI is InChI=1S/C19H18F3N3O2/c20-13-7-12(8-14(21)17(13)22)23-18(26)11-5-6-25(9-11)19(27)16-4-3-15(24-16)10-1-2-10/h3-4,7-8,10-11,24H,1-2,5-6,9H2,(H,23,26)/t11-/m0/s1. The smallest absolute Gasteiger partial charge is 0.270 e. The van der Waals surface area contributed by atoms with Crippen molar-refractivity contribution in [3.8, 4) is 0 Å². The summed E-state index contributed by atoms with van der Waals surface area (Å²) in [6.45, 7) is 0.634. The van der Waals surface area contributed by atoms with E-state index in [0.717, 1.165) is 30.7 Å². The number of carbonyl (C=O) groups excluding carboxylic acids is 2. The van der Waals surface area contributed by atoms with Gasteiger partial charge < -0.3 is 15.2 Å². The van der Waals surface area contributed by atoms with Crippen molar-refractivity contribution in [1.82, 2.24) is 9.88 Å². The van der Waals surface area contributed by atoms with E-state index in [0.29, 0.717) is 24.6 Å². The minimum Gasteiger partial charge on any atom is -0.354 e. The Bertz CT molecular complexity index is 884. The van der Waals surface area contributed by atoms with Crippen LogP contribution in [-0.2, 0) is 4.79 Å². The zero-order chi connectivity index (χ0) is 19.1. The number of H-pyrrole nitrogens is 1. The molecular weight excluding hydrogens is 359 g/mol. The number of amides is 2. The van der Waals surface area contributed by atoms with Gasteiger partial charge in [-0.3, -0.25) is 9.59 Å². The molecule has 2 aliphatic rings. The van der Waals surface area contributed by atoms with E-state index in [9.17, 15) is 22.8 Å². The largest absolute Gasteiger partial charge is 0.354 e. The predicted octanol–water partition coefficient (Wildman–Crippen LogP) is 3.41. The van der Waals surface area contributed by atoms with Crippen molar-refractivity contribution in [2.24, 2.45) is 5.92 Å². The summed E-state index contributed by atoms with van der Waals surface area (Å²) in [7, 11) is 0. The Morgan fingerprint density at radius 2 is 1.78 bits per heavy atom. The van der Waals surface area contributed by atoms with Crippen LogP contribution in [0, 0.1) is 23.4 Å². The molecule has 142 valence electrons. The van der Waals surface area contributed by atoms with Crippen molar-refractivity contribution in [1.29, 1.82) is 0 Å². The van der Waals surface area contributed by atoms with Crippen LogP contribution in [-0.4, -0.2) is 34.8 Å². The summed E-state index contributed by atoms with van der Waals surface area (Å²) >= 11 is 0. The van der Waals surface area contributed by atoms with E-state index >= 15 is 0 Å². The maximum Gasteiger partial charge on any atom is 0.270 e. The monoisotopic (exact) mass is 377 g/mol. The lowest BCUT2D eigenvalue weighted by molar-refractivity contribution is -0.119. The third kappa shape index (κ3) is 3.56. The van der Waals surface area contributed by atoms with Gasteiger partial charge in [0.05, 0.1) is 5.92 Å². The highest BCUT2D eigenvalue weighted by Gasteiger charge is 2.33. The molecular formula is C19H18F3N3O2. The van der Waals surface area contributed by atoms with E-state index in [4.69, 9.17) is 0 Å². The van der Waals surface area contributed by atoms with E-state index in [1.165, 1.54) is 0 Å². The van der Waals surface area contributed by atoms with E-state index in [-0.39, 0.29) is 18.1 Å². The number of anilines is 1. The van der Waals surface area contributed by atoms with E-state index in [1.807, 2.05) is 6.07 Å². The number of aromatic nitrogens is 1. The Kier molecular flexibility index (Phi) is 4.41. The zero-order valence-corrected chi connectivity index (χ0v) is 14.4. The highest BCUT2D eigenvalue weighted by atomic mass is 19.2. The van der Waals surface area contributed by atoms with Gasteiger partial charge in [0, 0.05) is 36.6 Å². The number of hydrogen-bond acceptors (Lipinski definition) is 2. The predicted molar refractivity (Wildman–Crippen MR) is 91.7 cm³/mol. The van der Waals surface area contributed by atoms with Crippen LogP contribution in [0.4, 0.5) is 18.9 Å². The van der Waals surface area contributed by atoms with Crippen molar-refractivity contribution >= 4 is 17.5 Å². The van der Waals surface area contributed by atoms with Crippen LogP contribution in [0.15, 0.2) is 24.3 Å². The Labute approximate surface area is 153 Å². The molecule has 2 heterocycles. The number of halogens is 3. The summed E-state index contributed by atoms with van der Waals surface area (Å²) in [5, 5.41) is 2.39. The molecule has 27 heavy (non-hydrogen) atoms. The molecule has 2 aromatic rings. The molecule has 1 saturated heterocycles. The lowest BCUT2D eigenvalue weighted by Gasteiger charge is -2.16. The van der Waals surface area contributed by atoms with Gasteiger partial charge in [0.15, 0.2) is 17.5 Å². The van der Waals surface area contributed by atoms with Gasteiger partial charge in [-0.15, -0.1) is 0 Å². The molecule has 0 spiro atoms. The van der Waals surface area contributed by atoms with Gasteiger partial charge in [0.2, 0.25) is 5.91 Å². The number of aromatic amines is 1. The number of carbonyl (C=O) groups is 2. The highest BCUT2D eigenvalue weighted by Crippen LogP contribution is 2.39. The summed E-state index contributed by atoms with van der Waals surface area (Å²) in [5.41, 5.74) is 1.41. The van der Waals surface area contributed by atoms with E-state index < -0.39 is 29.3 Å². The summed E-state index contributed by atoms with van der Waals surface area (Å²) in [5.74, 6) is -4.93. The zero-order valence-electron chi connectivity index (χ0n) is 14.4. The second-order valence-corrected chi connectivity index (χ2v) is 7.08. The van der Waals surface area contributed by atoms with Crippen LogP contribution >= 0.6 is 0 Å². The number of hydrogen-bond donors (Lipinski definition) is 2. The number of benzene rings is 1. The molecule has 2 fully saturated rings. The van der Waals surface area contributed by atoms with Gasteiger partial charge in [0.1, 0.15) is 5.69 Å². The Morgan fingerprint density at radius 3 is 2.44 bits per heavy atom. The quantitative estimate of drug-likeness (QED) is 0.802. The first kappa shape index (κ1) is 17.6. The fraction of sp³-hybridized carbons (Fsp3) is 0.368. The van der Waals surface area contributed by atoms with Gasteiger partial charge in [-0.05, 0) is 37.3 Å². The van der Waals surface area contributed by atoms with Crippen LogP contribution in [0.2, 0.25) is 0 Å². The molecule has 8 heteroatoms. The van der Waals surface area contributed by atoms with Crippen molar-refractivity contribution in [3.63, 3.8) is 0 Å². The third-order valence-corrected chi connectivity index (χ3v) is 5.05. The van der Waals surface area contributed by atoms with Gasteiger partial charge in [0.25, 0.3) is 5.91 Å². The average Bonchev–Trinajstić information content (AvgIpc) is 3.17. The molecule has 1 saturated carbocycles. The highest BCUT2D eigenvalue weighted by molar-refractivity contribution is 5.96. The van der Waals surface area contributed by atoms with Gasteiger partial charge in [-0.2, -0.15) is 0 Å². The Hall–Kier alpha value is -2.77. The van der Waals surface area contributed by atoms with E-state index in [2.05, 4.69) is 10.3 Å². The first-order valence-electron chi connectivity index (χ1n) is 8.86. The second-order valence-electron chi connectivity index (χ2n) is 7.08. The van der Waals surface area contributed by atoms with Gasteiger partial charge in [-0.25, -0.2) is 13.2 Å². The lowest BCUT2D eigenvalue weighted by Crippen LogP contribution is -2.31. The van der Waals surface area contributed by atoms with Crippen LogP contribution in [0.3, 0.4) is 0 Å². The molecule has 4 rings (SSSR count). The number of rotatable bonds is 4. The number of nitrogens with one attached hydrogen (secondary N) is 2. The molecule has 1 aliphatic heterocycles. The van der Waals surface area contributed by atoms with Crippen LogP contribution in [0.1, 0.15) is 41.4 Å². The third-order valence-electron chi connectivity index (χ3n) is 5.05. The maximum atomic E-state index is 13.3. The minimum atomic E-state index is -1.58. The Morgan fingerprint density at radius 1 is 1.07 bits per heavy atom. The minimum absolute atomic E-state index is 0.153. The van der Waals surface area contributed by atoms with Crippen molar-refractivity contribution < 1.29 is 22.8 Å². The lowest BCUT2D eigenvalue weighted by atomic mass is 10.1. The van der Waals surface area contributed by atoms with Gasteiger partial charge in [-0.1, -0.05) is 0 Å².